The molecule has 4 rings (SSSR count). The molecule has 9 heteroatoms. The van der Waals surface area contributed by atoms with E-state index in [2.05, 4.69) is 5.32 Å². The average Bonchev–Trinajstić information content (AvgIpc) is 2.83. The van der Waals surface area contributed by atoms with E-state index in [0.717, 1.165) is 5.56 Å². The van der Waals surface area contributed by atoms with Crippen LogP contribution in [-0.4, -0.2) is 44.9 Å². The number of hydrogen-bond donors (Lipinski definition) is 1. The van der Waals surface area contributed by atoms with Crippen molar-refractivity contribution in [3.63, 3.8) is 0 Å². The van der Waals surface area contributed by atoms with Crippen molar-refractivity contribution in [1.82, 2.24) is 9.62 Å². The molecule has 1 atom stereocenters. The summed E-state index contributed by atoms with van der Waals surface area (Å²) >= 11 is 0. The Morgan fingerprint density at radius 2 is 1.81 bits per heavy atom. The first-order chi connectivity index (χ1) is 15.4. The maximum Gasteiger partial charge on any atom is 0.244 e. The molecule has 0 bridgehead atoms. The molecular formula is C23H25N3O5S. The molecule has 0 radical (unpaired) electrons. The van der Waals surface area contributed by atoms with E-state index >= 15 is 0 Å². The van der Waals surface area contributed by atoms with Gasteiger partial charge in [-0.2, -0.15) is 9.57 Å². The summed E-state index contributed by atoms with van der Waals surface area (Å²) in [7, 11) is -3.78. The lowest BCUT2D eigenvalue weighted by molar-refractivity contribution is -0.126. The van der Waals surface area contributed by atoms with Crippen LogP contribution in [0.5, 0.6) is 11.5 Å². The summed E-state index contributed by atoms with van der Waals surface area (Å²) in [5.74, 6) is 1.00. The van der Waals surface area contributed by atoms with Crippen molar-refractivity contribution >= 4 is 15.9 Å². The number of hydrogen-bond acceptors (Lipinski definition) is 6. The quantitative estimate of drug-likeness (QED) is 0.742. The molecule has 32 heavy (non-hydrogen) atoms. The number of sulfonamides is 1. The van der Waals surface area contributed by atoms with Crippen molar-refractivity contribution in [3.05, 3.63) is 53.6 Å². The second-order valence-corrected chi connectivity index (χ2v) is 9.83. The SMILES string of the molecule is CC(NC(=O)C1CCN(S(=O)(=O)c2ccccc2C#N)CC1)c1ccc2c(c1)OCCO2. The highest BCUT2D eigenvalue weighted by Gasteiger charge is 2.33. The summed E-state index contributed by atoms with van der Waals surface area (Å²) in [5, 5.41) is 12.3. The second kappa shape index (κ2) is 9.18. The molecule has 0 spiro atoms. The summed E-state index contributed by atoms with van der Waals surface area (Å²) < 4.78 is 38.5. The first-order valence-corrected chi connectivity index (χ1v) is 12.0. The van der Waals surface area contributed by atoms with Gasteiger partial charge >= 0.3 is 0 Å². The molecule has 2 aromatic carbocycles. The summed E-state index contributed by atoms with van der Waals surface area (Å²) in [6, 6.07) is 13.5. The zero-order chi connectivity index (χ0) is 22.7. The normalized spacial score (nSPS) is 17.9. The zero-order valence-electron chi connectivity index (χ0n) is 17.8. The van der Waals surface area contributed by atoms with Gasteiger partial charge in [0.1, 0.15) is 19.3 Å². The molecule has 0 aromatic heterocycles. The maximum absolute atomic E-state index is 13.0. The molecule has 1 saturated heterocycles. The standard InChI is InChI=1S/C23H25N3O5S/c1-16(18-6-7-20-21(14-18)31-13-12-30-20)25-23(27)17-8-10-26(11-9-17)32(28,29)22-5-3-2-4-19(22)15-24/h2-7,14,16-17H,8-13H2,1H3,(H,25,27). The maximum atomic E-state index is 13.0. The molecule has 2 aromatic rings. The van der Waals surface area contributed by atoms with E-state index in [1.165, 1.54) is 16.4 Å². The van der Waals surface area contributed by atoms with Crippen molar-refractivity contribution in [2.75, 3.05) is 26.3 Å². The monoisotopic (exact) mass is 455 g/mol. The van der Waals surface area contributed by atoms with E-state index in [4.69, 9.17) is 9.47 Å². The van der Waals surface area contributed by atoms with Gasteiger partial charge < -0.3 is 14.8 Å². The Labute approximate surface area is 187 Å². The molecule has 0 saturated carbocycles. The molecule has 0 aliphatic carbocycles. The lowest BCUT2D eigenvalue weighted by atomic mass is 9.96. The number of carbonyl (C=O) groups excluding carboxylic acids is 1. The molecule has 168 valence electrons. The topological polar surface area (TPSA) is 109 Å². The van der Waals surface area contributed by atoms with Gasteiger partial charge in [0.25, 0.3) is 0 Å². The number of amides is 1. The number of nitrogens with zero attached hydrogens (tertiary/aromatic N) is 2. The van der Waals surface area contributed by atoms with E-state index in [0.29, 0.717) is 37.6 Å². The van der Waals surface area contributed by atoms with Crippen molar-refractivity contribution in [3.8, 4) is 17.6 Å². The number of nitrogens with one attached hydrogen (secondary N) is 1. The van der Waals surface area contributed by atoms with Crippen molar-refractivity contribution in [2.45, 2.75) is 30.7 Å². The van der Waals surface area contributed by atoms with E-state index in [1.54, 1.807) is 12.1 Å². The van der Waals surface area contributed by atoms with Crippen LogP contribution in [0.15, 0.2) is 47.4 Å². The highest BCUT2D eigenvalue weighted by Crippen LogP contribution is 2.33. The van der Waals surface area contributed by atoms with E-state index in [1.807, 2.05) is 31.2 Å². The third-order valence-corrected chi connectivity index (χ3v) is 7.83. The Morgan fingerprint density at radius 1 is 1.12 bits per heavy atom. The number of carbonyl (C=O) groups is 1. The summed E-state index contributed by atoms with van der Waals surface area (Å²) in [5.41, 5.74) is 1.04. The molecule has 1 fully saturated rings. The molecule has 2 aliphatic heterocycles. The van der Waals surface area contributed by atoms with E-state index in [-0.39, 0.29) is 41.4 Å². The largest absolute Gasteiger partial charge is 0.486 e. The number of piperidine rings is 1. The van der Waals surface area contributed by atoms with Gasteiger partial charge in [0.05, 0.1) is 16.5 Å². The lowest BCUT2D eigenvalue weighted by Gasteiger charge is -2.31. The Morgan fingerprint density at radius 3 is 2.53 bits per heavy atom. The fourth-order valence-electron chi connectivity index (χ4n) is 4.03. The van der Waals surface area contributed by atoms with Gasteiger partial charge in [-0.3, -0.25) is 4.79 Å². The Bertz CT molecular complexity index is 1150. The van der Waals surface area contributed by atoms with Crippen LogP contribution in [0.2, 0.25) is 0 Å². The number of fused-ring (bicyclic) bond motifs is 1. The zero-order valence-corrected chi connectivity index (χ0v) is 18.6. The summed E-state index contributed by atoms with van der Waals surface area (Å²) in [6.07, 6.45) is 0.848. The van der Waals surface area contributed by atoms with Crippen LogP contribution in [0.4, 0.5) is 0 Å². The predicted molar refractivity (Wildman–Crippen MR) is 117 cm³/mol. The second-order valence-electron chi connectivity index (χ2n) is 7.92. The lowest BCUT2D eigenvalue weighted by Crippen LogP contribution is -2.43. The summed E-state index contributed by atoms with van der Waals surface area (Å²) in [6.45, 7) is 3.39. The van der Waals surface area contributed by atoms with Gasteiger partial charge in [-0.15, -0.1) is 0 Å². The van der Waals surface area contributed by atoms with Crippen LogP contribution in [0.3, 0.4) is 0 Å². The Hall–Kier alpha value is -3.09. The van der Waals surface area contributed by atoms with E-state index in [9.17, 15) is 18.5 Å². The van der Waals surface area contributed by atoms with Crippen molar-refractivity contribution in [1.29, 1.82) is 5.26 Å². The van der Waals surface area contributed by atoms with Gasteiger partial charge in [0.15, 0.2) is 11.5 Å². The fraction of sp³-hybridized carbons (Fsp3) is 0.391. The Kier molecular flexibility index (Phi) is 6.35. The van der Waals surface area contributed by atoms with Crippen molar-refractivity contribution in [2.24, 2.45) is 5.92 Å². The highest BCUT2D eigenvalue weighted by atomic mass is 32.2. The minimum absolute atomic E-state index is 0.0117. The molecular weight excluding hydrogens is 430 g/mol. The molecule has 2 heterocycles. The number of nitriles is 1. The van der Waals surface area contributed by atoms with Crippen LogP contribution < -0.4 is 14.8 Å². The first-order valence-electron chi connectivity index (χ1n) is 10.6. The molecule has 1 unspecified atom stereocenters. The van der Waals surface area contributed by atoms with Crippen LogP contribution in [0, 0.1) is 17.2 Å². The van der Waals surface area contributed by atoms with Gasteiger partial charge in [0.2, 0.25) is 15.9 Å². The van der Waals surface area contributed by atoms with Gasteiger partial charge in [-0.1, -0.05) is 18.2 Å². The fourth-order valence-corrected chi connectivity index (χ4v) is 5.64. The van der Waals surface area contributed by atoms with Crippen molar-refractivity contribution < 1.29 is 22.7 Å². The molecule has 2 aliphatic rings. The van der Waals surface area contributed by atoms with Crippen LogP contribution in [0.25, 0.3) is 0 Å². The number of ether oxygens (including phenoxy) is 2. The van der Waals surface area contributed by atoms with Gasteiger partial charge in [0, 0.05) is 19.0 Å². The van der Waals surface area contributed by atoms with E-state index < -0.39 is 10.0 Å². The predicted octanol–water partition coefficient (Wildman–Crippen LogP) is 2.61. The molecule has 8 nitrogen and oxygen atoms in total. The number of rotatable bonds is 5. The van der Waals surface area contributed by atoms with Crippen LogP contribution in [0.1, 0.15) is 36.9 Å². The third kappa shape index (κ3) is 4.42. The van der Waals surface area contributed by atoms with Crippen LogP contribution in [-0.2, 0) is 14.8 Å². The van der Waals surface area contributed by atoms with Gasteiger partial charge in [-0.25, -0.2) is 8.42 Å². The first kappa shape index (κ1) is 22.1. The minimum atomic E-state index is -3.78. The summed E-state index contributed by atoms with van der Waals surface area (Å²) in [4.78, 5) is 12.8. The van der Waals surface area contributed by atoms with Crippen LogP contribution >= 0.6 is 0 Å². The molecule has 1 amide bonds. The van der Waals surface area contributed by atoms with Gasteiger partial charge in [-0.05, 0) is 49.6 Å². The third-order valence-electron chi connectivity index (χ3n) is 5.88. The number of benzene rings is 2. The molecule has 1 N–H and O–H groups in total. The smallest absolute Gasteiger partial charge is 0.244 e. The Balaban J connectivity index is 1.37. The minimum Gasteiger partial charge on any atom is -0.486 e. The highest BCUT2D eigenvalue weighted by molar-refractivity contribution is 7.89. The average molecular weight is 456 g/mol.